The van der Waals surface area contributed by atoms with Gasteiger partial charge in [-0.25, -0.2) is 4.99 Å². The SMILES string of the molecule is CCCCOc1ccc(-c2nnc(/N=C/c3ccc(OC[C@@H](C)CC)cc3)s2)cc1. The molecule has 0 saturated heterocycles. The quantitative estimate of drug-likeness (QED) is 0.259. The van der Waals surface area contributed by atoms with Gasteiger partial charge >= 0.3 is 0 Å². The van der Waals surface area contributed by atoms with E-state index in [1.807, 2.05) is 48.5 Å². The Bertz CT molecular complexity index is 920. The van der Waals surface area contributed by atoms with E-state index in [2.05, 4.69) is 36.0 Å². The molecule has 1 aromatic heterocycles. The van der Waals surface area contributed by atoms with Gasteiger partial charge in [-0.05, 0) is 66.4 Å². The van der Waals surface area contributed by atoms with E-state index < -0.39 is 0 Å². The molecule has 1 heterocycles. The Morgan fingerprint density at radius 3 is 2.37 bits per heavy atom. The van der Waals surface area contributed by atoms with Crippen molar-refractivity contribution >= 4 is 22.7 Å². The van der Waals surface area contributed by atoms with Crippen molar-refractivity contribution in [1.82, 2.24) is 10.2 Å². The number of aromatic nitrogens is 2. The van der Waals surface area contributed by atoms with Crippen LogP contribution in [0.5, 0.6) is 11.5 Å². The Balaban J connectivity index is 1.56. The molecule has 0 saturated carbocycles. The van der Waals surface area contributed by atoms with Crippen LogP contribution < -0.4 is 9.47 Å². The second-order valence-electron chi connectivity index (χ2n) is 7.27. The zero-order chi connectivity index (χ0) is 21.2. The first-order valence-corrected chi connectivity index (χ1v) is 11.3. The molecular weight excluding hydrogens is 394 g/mol. The van der Waals surface area contributed by atoms with Crippen molar-refractivity contribution in [2.24, 2.45) is 10.9 Å². The number of unbranched alkanes of at least 4 members (excludes halogenated alkanes) is 1. The molecule has 0 bridgehead atoms. The maximum Gasteiger partial charge on any atom is 0.231 e. The van der Waals surface area contributed by atoms with E-state index >= 15 is 0 Å². The third-order valence-electron chi connectivity index (χ3n) is 4.72. The monoisotopic (exact) mass is 423 g/mol. The lowest BCUT2D eigenvalue weighted by molar-refractivity contribution is 0.256. The Morgan fingerprint density at radius 1 is 0.967 bits per heavy atom. The van der Waals surface area contributed by atoms with Gasteiger partial charge in [-0.15, -0.1) is 10.2 Å². The number of nitrogens with zero attached hydrogens (tertiary/aromatic N) is 3. The molecule has 0 aliphatic carbocycles. The van der Waals surface area contributed by atoms with Crippen molar-refractivity contribution in [2.75, 3.05) is 13.2 Å². The number of ether oxygens (including phenoxy) is 2. The molecule has 0 amide bonds. The molecule has 5 nitrogen and oxygen atoms in total. The maximum absolute atomic E-state index is 5.79. The molecule has 3 aromatic rings. The fraction of sp³-hybridized carbons (Fsp3) is 0.375. The predicted octanol–water partition coefficient (Wildman–Crippen LogP) is 6.56. The summed E-state index contributed by atoms with van der Waals surface area (Å²) in [6, 6.07) is 15.9. The summed E-state index contributed by atoms with van der Waals surface area (Å²) < 4.78 is 11.5. The molecule has 0 aliphatic rings. The molecule has 0 aliphatic heterocycles. The molecule has 0 unspecified atom stereocenters. The molecule has 0 spiro atoms. The highest BCUT2D eigenvalue weighted by atomic mass is 32.1. The van der Waals surface area contributed by atoms with Crippen LogP contribution in [0, 0.1) is 5.92 Å². The summed E-state index contributed by atoms with van der Waals surface area (Å²) in [5.41, 5.74) is 2.01. The van der Waals surface area contributed by atoms with Crippen molar-refractivity contribution in [3.63, 3.8) is 0 Å². The van der Waals surface area contributed by atoms with Crippen molar-refractivity contribution in [1.29, 1.82) is 0 Å². The third kappa shape index (κ3) is 6.66. The van der Waals surface area contributed by atoms with Gasteiger partial charge in [0.05, 0.1) is 13.2 Å². The minimum atomic E-state index is 0.558. The number of benzene rings is 2. The summed E-state index contributed by atoms with van der Waals surface area (Å²) in [4.78, 5) is 4.46. The molecule has 6 heteroatoms. The second-order valence-corrected chi connectivity index (χ2v) is 8.22. The van der Waals surface area contributed by atoms with E-state index in [-0.39, 0.29) is 0 Å². The van der Waals surface area contributed by atoms with E-state index in [4.69, 9.17) is 9.47 Å². The topological polar surface area (TPSA) is 56.6 Å². The number of hydrogen-bond acceptors (Lipinski definition) is 6. The molecule has 3 rings (SSSR count). The van der Waals surface area contributed by atoms with E-state index in [1.165, 1.54) is 11.3 Å². The molecule has 30 heavy (non-hydrogen) atoms. The van der Waals surface area contributed by atoms with Gasteiger partial charge in [0.15, 0.2) is 0 Å². The largest absolute Gasteiger partial charge is 0.494 e. The van der Waals surface area contributed by atoms with Crippen LogP contribution in [0.3, 0.4) is 0 Å². The summed E-state index contributed by atoms with van der Waals surface area (Å²) in [5.74, 6) is 2.32. The summed E-state index contributed by atoms with van der Waals surface area (Å²) in [6.07, 6.45) is 5.11. The standard InChI is InChI=1S/C24H29N3O2S/c1-4-6-15-28-21-13-9-20(10-14-21)23-26-27-24(30-23)25-16-19-7-11-22(12-8-19)29-17-18(3)5-2/h7-14,16,18H,4-6,15,17H2,1-3H3/b25-16+/t18-/m0/s1. The molecular formula is C24H29N3O2S. The third-order valence-corrected chi connectivity index (χ3v) is 5.60. The van der Waals surface area contributed by atoms with Gasteiger partial charge in [-0.3, -0.25) is 0 Å². The van der Waals surface area contributed by atoms with Crippen LogP contribution in [0.25, 0.3) is 10.6 Å². The molecule has 0 fully saturated rings. The number of hydrogen-bond donors (Lipinski definition) is 0. The summed E-state index contributed by atoms with van der Waals surface area (Å²) >= 11 is 1.46. The second kappa shape index (κ2) is 11.5. The van der Waals surface area contributed by atoms with Crippen LogP contribution in [-0.4, -0.2) is 29.6 Å². The first kappa shape index (κ1) is 22.0. The van der Waals surface area contributed by atoms with Crippen molar-refractivity contribution in [3.8, 4) is 22.1 Å². The van der Waals surface area contributed by atoms with Crippen LogP contribution in [-0.2, 0) is 0 Å². The van der Waals surface area contributed by atoms with E-state index in [9.17, 15) is 0 Å². The highest BCUT2D eigenvalue weighted by Gasteiger charge is 2.06. The lowest BCUT2D eigenvalue weighted by Crippen LogP contribution is -2.07. The number of aliphatic imine (C=N–C) groups is 1. The van der Waals surface area contributed by atoms with Crippen LogP contribution in [0.1, 0.15) is 45.6 Å². The molecule has 1 atom stereocenters. The van der Waals surface area contributed by atoms with Crippen molar-refractivity contribution in [2.45, 2.75) is 40.0 Å². The van der Waals surface area contributed by atoms with Gasteiger partial charge in [0.2, 0.25) is 5.13 Å². The first-order valence-electron chi connectivity index (χ1n) is 10.5. The Labute approximate surface area is 182 Å². The predicted molar refractivity (Wildman–Crippen MR) is 124 cm³/mol. The highest BCUT2D eigenvalue weighted by molar-refractivity contribution is 7.18. The summed E-state index contributed by atoms with van der Waals surface area (Å²) in [5, 5.41) is 9.92. The minimum absolute atomic E-state index is 0.558. The Kier molecular flexibility index (Phi) is 8.39. The fourth-order valence-electron chi connectivity index (χ4n) is 2.55. The zero-order valence-corrected chi connectivity index (χ0v) is 18.7. The van der Waals surface area contributed by atoms with E-state index in [1.54, 1.807) is 6.21 Å². The van der Waals surface area contributed by atoms with Crippen molar-refractivity contribution < 1.29 is 9.47 Å². The maximum atomic E-state index is 5.79. The van der Waals surface area contributed by atoms with Gasteiger partial charge in [0.25, 0.3) is 0 Å². The molecule has 158 valence electrons. The van der Waals surface area contributed by atoms with Gasteiger partial charge in [0, 0.05) is 11.8 Å². The summed E-state index contributed by atoms with van der Waals surface area (Å²) in [7, 11) is 0. The highest BCUT2D eigenvalue weighted by Crippen LogP contribution is 2.29. The van der Waals surface area contributed by atoms with E-state index in [0.29, 0.717) is 11.0 Å². The van der Waals surface area contributed by atoms with Gasteiger partial charge < -0.3 is 9.47 Å². The molecule has 2 aromatic carbocycles. The Hall–Kier alpha value is -2.73. The zero-order valence-electron chi connectivity index (χ0n) is 17.9. The average molecular weight is 424 g/mol. The van der Waals surface area contributed by atoms with Crippen LogP contribution in [0.15, 0.2) is 53.5 Å². The Morgan fingerprint density at radius 2 is 1.67 bits per heavy atom. The van der Waals surface area contributed by atoms with Gasteiger partial charge in [0.1, 0.15) is 16.5 Å². The van der Waals surface area contributed by atoms with Gasteiger partial charge in [-0.2, -0.15) is 0 Å². The minimum Gasteiger partial charge on any atom is -0.494 e. The normalized spacial score (nSPS) is 12.2. The van der Waals surface area contributed by atoms with Crippen LogP contribution in [0.2, 0.25) is 0 Å². The van der Waals surface area contributed by atoms with Gasteiger partial charge in [-0.1, -0.05) is 44.9 Å². The van der Waals surface area contributed by atoms with Crippen LogP contribution >= 0.6 is 11.3 Å². The average Bonchev–Trinajstić information content (AvgIpc) is 3.26. The molecule has 0 radical (unpaired) electrons. The lowest BCUT2D eigenvalue weighted by Gasteiger charge is -2.10. The first-order chi connectivity index (χ1) is 14.7. The van der Waals surface area contributed by atoms with E-state index in [0.717, 1.165) is 60.1 Å². The smallest absolute Gasteiger partial charge is 0.231 e. The fourth-order valence-corrected chi connectivity index (χ4v) is 3.24. The molecule has 0 N–H and O–H groups in total. The lowest BCUT2D eigenvalue weighted by atomic mass is 10.1. The summed E-state index contributed by atoms with van der Waals surface area (Å²) in [6.45, 7) is 8.00. The van der Waals surface area contributed by atoms with Crippen molar-refractivity contribution in [3.05, 3.63) is 54.1 Å². The van der Waals surface area contributed by atoms with Crippen LogP contribution in [0.4, 0.5) is 5.13 Å². The number of rotatable bonds is 11.